The molecule has 0 aliphatic rings. The van der Waals surface area contributed by atoms with Crippen LogP contribution >= 0.6 is 19.6 Å². The summed E-state index contributed by atoms with van der Waals surface area (Å²) in [5.74, 6) is -1.96. The molecule has 0 heterocycles. The smallest absolute Gasteiger partial charge is 0.423 e. The number of thioether (sulfide) groups is 1. The second kappa shape index (κ2) is 10.3. The lowest BCUT2D eigenvalue weighted by Crippen LogP contribution is -2.44. The Balaban J connectivity index is 2.75. The van der Waals surface area contributed by atoms with Crippen molar-refractivity contribution >= 4 is 43.1 Å². The van der Waals surface area contributed by atoms with Crippen LogP contribution in [0.3, 0.4) is 0 Å². The molecule has 1 atom stereocenters. The molecule has 144 valence electrons. The number of carbonyl (C=O) groups is 3. The van der Waals surface area contributed by atoms with Gasteiger partial charge in [0.1, 0.15) is 12.0 Å². The van der Waals surface area contributed by atoms with Crippen LogP contribution in [-0.4, -0.2) is 45.3 Å². The molecule has 0 aliphatic carbocycles. The molecule has 0 fully saturated rings. The third-order valence-corrected chi connectivity index (χ3v) is 4.15. The summed E-state index contributed by atoms with van der Waals surface area (Å²) in [7, 11) is -4.62. The Kier molecular flexibility index (Phi) is 8.76. The number of hydrogen-bond acceptors (Lipinski definition) is 7. The van der Waals surface area contributed by atoms with Crippen molar-refractivity contribution in [2.24, 2.45) is 0 Å². The molecular formula is C14H19N2O8PS. The number of amides is 2. The van der Waals surface area contributed by atoms with Crippen LogP contribution in [0, 0.1) is 0 Å². The van der Waals surface area contributed by atoms with Crippen molar-refractivity contribution in [3.63, 3.8) is 0 Å². The molecule has 0 saturated heterocycles. The molecule has 0 spiro atoms. The monoisotopic (exact) mass is 406 g/mol. The van der Waals surface area contributed by atoms with Crippen LogP contribution in [0.25, 0.3) is 0 Å². The molecule has 1 aromatic carbocycles. The van der Waals surface area contributed by atoms with E-state index < -0.39 is 25.7 Å². The highest BCUT2D eigenvalue weighted by Gasteiger charge is 2.23. The van der Waals surface area contributed by atoms with Gasteiger partial charge in [0.2, 0.25) is 11.8 Å². The van der Waals surface area contributed by atoms with E-state index >= 15 is 0 Å². The van der Waals surface area contributed by atoms with Gasteiger partial charge in [-0.2, -0.15) is 0 Å². The first kappa shape index (κ1) is 22.1. The largest absolute Gasteiger partial charge is 0.470 e. The maximum absolute atomic E-state index is 12.3. The number of nitrogens with one attached hydrogen (secondary N) is 2. The van der Waals surface area contributed by atoms with Gasteiger partial charge in [-0.3, -0.25) is 14.1 Å². The van der Waals surface area contributed by atoms with Crippen LogP contribution < -0.4 is 15.4 Å². The van der Waals surface area contributed by atoms with E-state index in [0.717, 1.165) is 11.8 Å². The number of rotatable bonds is 9. The summed E-state index contributed by atoms with van der Waals surface area (Å²) >= 11 is 0.884. The van der Waals surface area contributed by atoms with Gasteiger partial charge in [0, 0.05) is 19.6 Å². The third-order valence-electron chi connectivity index (χ3n) is 2.66. The number of benzene rings is 1. The van der Waals surface area contributed by atoms with Crippen molar-refractivity contribution < 1.29 is 38.0 Å². The van der Waals surface area contributed by atoms with Crippen molar-refractivity contribution in [2.75, 3.05) is 17.0 Å². The molecule has 0 aliphatic heterocycles. The summed E-state index contributed by atoms with van der Waals surface area (Å²) in [5, 5.41) is 4.90. The molecule has 2 amide bonds. The summed E-state index contributed by atoms with van der Waals surface area (Å²) in [5.41, 5.74) is 0.285. The Bertz CT molecular complexity index is 708. The minimum atomic E-state index is -4.62. The molecular weight excluding hydrogens is 387 g/mol. The van der Waals surface area contributed by atoms with Crippen LogP contribution in [0.15, 0.2) is 24.3 Å². The number of anilines is 1. The Morgan fingerprint density at radius 1 is 1.19 bits per heavy atom. The first-order chi connectivity index (χ1) is 12.1. The molecule has 0 bridgehead atoms. The Morgan fingerprint density at radius 2 is 1.85 bits per heavy atom. The maximum atomic E-state index is 12.3. The Hall–Kier alpha value is -1.91. The van der Waals surface area contributed by atoms with Gasteiger partial charge in [0.25, 0.3) is 0 Å². The lowest BCUT2D eigenvalue weighted by molar-refractivity contribution is -0.138. The highest BCUT2D eigenvalue weighted by atomic mass is 32.2. The first-order valence-electron chi connectivity index (χ1n) is 7.21. The van der Waals surface area contributed by atoms with Gasteiger partial charge in [-0.05, 0) is 12.1 Å². The SMILES string of the molecule is CC(=O)Nc1ccccc1OC(=O)C(CSCOP(=O)(O)O)NC(C)=O. The average molecular weight is 406 g/mol. The molecule has 26 heavy (non-hydrogen) atoms. The molecule has 12 heteroatoms. The number of phosphoric ester groups is 1. The number of carbonyl (C=O) groups excluding carboxylic acids is 3. The molecule has 4 N–H and O–H groups in total. The summed E-state index contributed by atoms with van der Waals surface area (Å²) in [6, 6.07) is 5.17. The van der Waals surface area contributed by atoms with Crippen molar-refractivity contribution in [3.05, 3.63) is 24.3 Å². The highest BCUT2D eigenvalue weighted by molar-refractivity contribution is 7.99. The Labute approximate surface area is 153 Å². The molecule has 1 rings (SSSR count). The molecule has 1 aromatic rings. The number of ether oxygens (including phenoxy) is 1. The normalized spacial score (nSPS) is 12.2. The van der Waals surface area contributed by atoms with E-state index in [1.165, 1.54) is 19.9 Å². The van der Waals surface area contributed by atoms with Crippen molar-refractivity contribution in [1.29, 1.82) is 0 Å². The predicted octanol–water partition coefficient (Wildman–Crippen LogP) is 0.855. The summed E-state index contributed by atoms with van der Waals surface area (Å²) in [4.78, 5) is 52.0. The molecule has 0 saturated carbocycles. The standard InChI is InChI=1S/C14H19N2O8PS/c1-9(17)15-11-5-3-4-6-13(11)24-14(19)12(16-10(2)18)7-26-8-23-25(20,21)22/h3-6,12H,7-8H2,1-2H3,(H,15,17)(H,16,18)(H2,20,21,22). The van der Waals surface area contributed by atoms with E-state index in [4.69, 9.17) is 14.5 Å². The van der Waals surface area contributed by atoms with Gasteiger partial charge in [-0.1, -0.05) is 12.1 Å². The zero-order chi connectivity index (χ0) is 19.7. The number of para-hydroxylation sites is 2. The van der Waals surface area contributed by atoms with Gasteiger partial charge in [-0.25, -0.2) is 9.36 Å². The van der Waals surface area contributed by atoms with E-state index in [9.17, 15) is 18.9 Å². The fourth-order valence-electron chi connectivity index (χ4n) is 1.71. The summed E-state index contributed by atoms with van der Waals surface area (Å²) < 4.78 is 20.1. The van der Waals surface area contributed by atoms with Crippen LogP contribution in [0.2, 0.25) is 0 Å². The van der Waals surface area contributed by atoms with E-state index in [2.05, 4.69) is 15.2 Å². The summed E-state index contributed by atoms with van der Waals surface area (Å²) in [6.07, 6.45) is 0. The zero-order valence-corrected chi connectivity index (χ0v) is 15.7. The second-order valence-corrected chi connectivity index (χ2v) is 7.18. The quantitative estimate of drug-likeness (QED) is 0.154. The van der Waals surface area contributed by atoms with E-state index in [-0.39, 0.29) is 29.0 Å². The minimum Gasteiger partial charge on any atom is -0.423 e. The number of phosphoric acid groups is 1. The van der Waals surface area contributed by atoms with Gasteiger partial charge in [0.15, 0.2) is 5.75 Å². The first-order valence-corrected chi connectivity index (χ1v) is 9.90. The molecule has 0 radical (unpaired) electrons. The molecule has 10 nitrogen and oxygen atoms in total. The fraction of sp³-hybridized carbons (Fsp3) is 0.357. The van der Waals surface area contributed by atoms with Crippen molar-refractivity contribution in [3.8, 4) is 5.75 Å². The average Bonchev–Trinajstić information content (AvgIpc) is 2.50. The number of esters is 1. The van der Waals surface area contributed by atoms with Gasteiger partial charge >= 0.3 is 13.8 Å². The van der Waals surface area contributed by atoms with Crippen molar-refractivity contribution in [2.45, 2.75) is 19.9 Å². The summed E-state index contributed by atoms with van der Waals surface area (Å²) in [6.45, 7) is 2.51. The van der Waals surface area contributed by atoms with Crippen LogP contribution in [0.5, 0.6) is 5.75 Å². The topological polar surface area (TPSA) is 151 Å². The highest BCUT2D eigenvalue weighted by Crippen LogP contribution is 2.36. The lowest BCUT2D eigenvalue weighted by Gasteiger charge is -2.17. The fourth-order valence-corrected chi connectivity index (χ4v) is 3.11. The van der Waals surface area contributed by atoms with Crippen molar-refractivity contribution in [1.82, 2.24) is 5.32 Å². The second-order valence-electron chi connectivity index (χ2n) is 4.96. The molecule has 0 aromatic heterocycles. The number of hydrogen-bond donors (Lipinski definition) is 4. The predicted molar refractivity (Wildman–Crippen MR) is 94.4 cm³/mol. The van der Waals surface area contributed by atoms with Crippen LogP contribution in [-0.2, 0) is 23.5 Å². The lowest BCUT2D eigenvalue weighted by atomic mass is 10.3. The van der Waals surface area contributed by atoms with E-state index in [1.807, 2.05) is 0 Å². The zero-order valence-electron chi connectivity index (χ0n) is 14.0. The van der Waals surface area contributed by atoms with E-state index in [1.54, 1.807) is 18.2 Å². The molecule has 1 unspecified atom stereocenters. The Morgan fingerprint density at radius 3 is 2.42 bits per heavy atom. The van der Waals surface area contributed by atoms with Gasteiger partial charge in [-0.15, -0.1) is 11.8 Å². The van der Waals surface area contributed by atoms with Crippen LogP contribution in [0.4, 0.5) is 5.69 Å². The third kappa shape index (κ3) is 8.97. The van der Waals surface area contributed by atoms with Gasteiger partial charge in [0.05, 0.1) is 5.69 Å². The van der Waals surface area contributed by atoms with Gasteiger partial charge < -0.3 is 25.2 Å². The minimum absolute atomic E-state index is 0.0410. The van der Waals surface area contributed by atoms with Crippen LogP contribution in [0.1, 0.15) is 13.8 Å². The maximum Gasteiger partial charge on any atom is 0.470 e. The van der Waals surface area contributed by atoms with E-state index in [0.29, 0.717) is 0 Å².